The van der Waals surface area contributed by atoms with Crippen LogP contribution in [-0.2, 0) is 9.31 Å². The highest BCUT2D eigenvalue weighted by molar-refractivity contribution is 6.90. The third-order valence-electron chi connectivity index (χ3n) is 10.8. The number of hydrogen-bond acceptors (Lipinski definition) is 3. The summed E-state index contributed by atoms with van der Waals surface area (Å²) >= 11 is 0. The molecule has 0 unspecified atom stereocenters. The Hall–Kier alpha value is -1.52. The fourth-order valence-electron chi connectivity index (χ4n) is 7.92. The second kappa shape index (κ2) is 12.5. The first-order valence-corrected chi connectivity index (χ1v) is 20.8. The van der Waals surface area contributed by atoms with Crippen molar-refractivity contribution in [1.82, 2.24) is 0 Å². The van der Waals surface area contributed by atoms with Crippen LogP contribution < -0.4 is 9.89 Å². The predicted molar refractivity (Wildman–Crippen MR) is 189 cm³/mol. The highest BCUT2D eigenvalue weighted by Crippen LogP contribution is 2.44. The highest BCUT2D eigenvalue weighted by Gasteiger charge is 2.52. The standard InChI is InChI=1S/C36H59BO3Si2/c1-24(2)41(25(3)4,26(5)6)21-20-31-23-32(38-42(27(7)8,28(9)10)29(11)12)22-30-18-17-19-33(34(30)31)37-39-35(13,14)36(15,16)40-37/h17-19,22-29H,1-16H3. The lowest BCUT2D eigenvalue weighted by molar-refractivity contribution is 0.00578. The molecule has 0 saturated carbocycles. The smallest absolute Gasteiger partial charge is 0.495 e. The van der Waals surface area contributed by atoms with Crippen molar-refractivity contribution in [3.63, 3.8) is 0 Å². The van der Waals surface area contributed by atoms with Crippen LogP contribution in [0.5, 0.6) is 5.75 Å². The van der Waals surface area contributed by atoms with E-state index in [0.29, 0.717) is 33.2 Å². The van der Waals surface area contributed by atoms with Gasteiger partial charge in [0.25, 0.3) is 8.32 Å². The molecule has 0 N–H and O–H groups in total. The molecule has 1 aliphatic rings. The molecule has 1 aliphatic heterocycles. The van der Waals surface area contributed by atoms with Crippen molar-refractivity contribution in [2.75, 3.05) is 0 Å². The van der Waals surface area contributed by atoms with Gasteiger partial charge in [0.05, 0.1) is 11.2 Å². The molecule has 0 aromatic heterocycles. The quantitative estimate of drug-likeness (QED) is 0.210. The van der Waals surface area contributed by atoms with Gasteiger partial charge in [-0.15, -0.1) is 5.54 Å². The minimum Gasteiger partial charge on any atom is -0.543 e. The summed E-state index contributed by atoms with van der Waals surface area (Å²) in [6.07, 6.45) is 0. The van der Waals surface area contributed by atoms with Gasteiger partial charge < -0.3 is 13.7 Å². The zero-order valence-electron chi connectivity index (χ0n) is 29.7. The first-order chi connectivity index (χ1) is 19.2. The molecule has 0 atom stereocenters. The molecule has 1 heterocycles. The van der Waals surface area contributed by atoms with E-state index in [-0.39, 0.29) is 0 Å². The third-order valence-corrected chi connectivity index (χ3v) is 23.1. The van der Waals surface area contributed by atoms with E-state index in [0.717, 1.165) is 27.5 Å². The van der Waals surface area contributed by atoms with Gasteiger partial charge in [0.15, 0.2) is 0 Å². The van der Waals surface area contributed by atoms with Gasteiger partial charge in [-0.25, -0.2) is 0 Å². The van der Waals surface area contributed by atoms with Crippen LogP contribution in [0.2, 0.25) is 33.2 Å². The monoisotopic (exact) mass is 606 g/mol. The molecule has 232 valence electrons. The summed E-state index contributed by atoms with van der Waals surface area (Å²) in [6.45, 7) is 36.8. The summed E-state index contributed by atoms with van der Waals surface area (Å²) in [5.74, 6) is 4.78. The molecule has 3 rings (SSSR count). The number of hydrogen-bond donors (Lipinski definition) is 0. The summed E-state index contributed by atoms with van der Waals surface area (Å²) in [7, 11) is -4.58. The molecule has 0 bridgehead atoms. The van der Waals surface area contributed by atoms with Crippen LogP contribution >= 0.6 is 0 Å². The van der Waals surface area contributed by atoms with Gasteiger partial charge in [-0.1, -0.05) is 107 Å². The number of fused-ring (bicyclic) bond motifs is 1. The van der Waals surface area contributed by atoms with Gasteiger partial charge in [0.2, 0.25) is 0 Å². The van der Waals surface area contributed by atoms with Crippen molar-refractivity contribution in [2.45, 2.75) is 155 Å². The molecular weight excluding hydrogens is 547 g/mol. The SMILES string of the molecule is CC(C)[Si](C#Cc1cc(O[Si](C(C)C)(C(C)C)C(C)C)cc2cccc(B3OC(C)(C)C(C)(C)O3)c12)(C(C)C)C(C)C. The Bertz CT molecular complexity index is 1250. The highest BCUT2D eigenvalue weighted by atomic mass is 28.4. The lowest BCUT2D eigenvalue weighted by atomic mass is 9.75. The summed E-state index contributed by atoms with van der Waals surface area (Å²) < 4.78 is 20.4. The van der Waals surface area contributed by atoms with Gasteiger partial charge in [-0.2, -0.15) is 0 Å². The summed E-state index contributed by atoms with van der Waals surface area (Å²) in [5, 5.41) is 2.26. The van der Waals surface area contributed by atoms with Crippen molar-refractivity contribution in [2.24, 2.45) is 0 Å². The first-order valence-electron chi connectivity index (χ1n) is 16.4. The maximum absolute atomic E-state index is 7.26. The molecule has 0 radical (unpaired) electrons. The molecule has 3 nitrogen and oxygen atoms in total. The molecule has 1 saturated heterocycles. The topological polar surface area (TPSA) is 27.7 Å². The lowest BCUT2D eigenvalue weighted by Crippen LogP contribution is -2.50. The maximum Gasteiger partial charge on any atom is 0.495 e. The number of rotatable bonds is 9. The maximum atomic E-state index is 7.26. The van der Waals surface area contributed by atoms with Crippen LogP contribution in [0.3, 0.4) is 0 Å². The molecule has 6 heteroatoms. The minimum absolute atomic E-state index is 0.416. The average molecular weight is 607 g/mol. The number of benzene rings is 2. The van der Waals surface area contributed by atoms with Gasteiger partial charge in [-0.05, 0) is 89.3 Å². The van der Waals surface area contributed by atoms with E-state index in [1.807, 2.05) is 0 Å². The van der Waals surface area contributed by atoms with E-state index in [9.17, 15) is 0 Å². The molecule has 0 spiro atoms. The van der Waals surface area contributed by atoms with Crippen LogP contribution in [0.15, 0.2) is 30.3 Å². The fourth-order valence-corrected chi connectivity index (χ4v) is 18.4. The Morgan fingerprint density at radius 1 is 0.690 bits per heavy atom. The third kappa shape index (κ3) is 6.06. The van der Waals surface area contributed by atoms with Crippen molar-refractivity contribution in [3.8, 4) is 17.2 Å². The molecule has 1 fully saturated rings. The van der Waals surface area contributed by atoms with Crippen molar-refractivity contribution in [3.05, 3.63) is 35.9 Å². The molecular formula is C36H59BO3Si2. The van der Waals surface area contributed by atoms with Crippen LogP contribution in [0.25, 0.3) is 10.8 Å². The molecule has 0 amide bonds. The summed E-state index contributed by atoms with van der Waals surface area (Å²) in [4.78, 5) is 0. The molecule has 0 aliphatic carbocycles. The predicted octanol–water partition coefficient (Wildman–Crippen LogP) is 10.3. The van der Waals surface area contributed by atoms with Crippen LogP contribution in [0.4, 0.5) is 0 Å². The van der Waals surface area contributed by atoms with E-state index in [1.165, 1.54) is 0 Å². The van der Waals surface area contributed by atoms with Crippen molar-refractivity contribution < 1.29 is 13.7 Å². The molecule has 2 aromatic rings. The van der Waals surface area contributed by atoms with Gasteiger partial charge in [0, 0.05) is 5.56 Å². The van der Waals surface area contributed by atoms with Crippen LogP contribution in [-0.4, -0.2) is 34.7 Å². The summed E-state index contributed by atoms with van der Waals surface area (Å²) in [6, 6.07) is 10.9. The van der Waals surface area contributed by atoms with Crippen molar-refractivity contribution in [1.29, 1.82) is 0 Å². The minimum atomic E-state index is -2.16. The molecule has 2 aromatic carbocycles. The van der Waals surface area contributed by atoms with E-state index < -0.39 is 34.7 Å². The second-order valence-corrected chi connectivity index (χ2v) is 26.5. The van der Waals surface area contributed by atoms with Gasteiger partial charge in [0.1, 0.15) is 13.8 Å². The van der Waals surface area contributed by atoms with Gasteiger partial charge >= 0.3 is 7.12 Å². The Kier molecular flexibility index (Phi) is 10.4. The summed E-state index contributed by atoms with van der Waals surface area (Å²) in [5.41, 5.74) is 8.39. The second-order valence-electron chi connectivity index (χ2n) is 15.6. The van der Waals surface area contributed by atoms with E-state index in [4.69, 9.17) is 13.7 Å². The van der Waals surface area contributed by atoms with Crippen LogP contribution in [0, 0.1) is 11.5 Å². The Morgan fingerprint density at radius 3 is 1.60 bits per heavy atom. The van der Waals surface area contributed by atoms with Crippen molar-refractivity contribution >= 4 is 39.7 Å². The first kappa shape index (κ1) is 35.0. The zero-order chi connectivity index (χ0) is 32.0. The van der Waals surface area contributed by atoms with E-state index >= 15 is 0 Å². The normalized spacial score (nSPS) is 17.3. The van der Waals surface area contributed by atoms with E-state index in [2.05, 4.69) is 153 Å². The lowest BCUT2D eigenvalue weighted by Gasteiger charge is -2.42. The van der Waals surface area contributed by atoms with E-state index in [1.54, 1.807) is 0 Å². The van der Waals surface area contributed by atoms with Crippen LogP contribution in [0.1, 0.15) is 116 Å². The molecule has 42 heavy (non-hydrogen) atoms. The van der Waals surface area contributed by atoms with Gasteiger partial charge in [-0.3, -0.25) is 0 Å². The largest absolute Gasteiger partial charge is 0.543 e. The Labute approximate surface area is 261 Å². The Morgan fingerprint density at radius 2 is 1.17 bits per heavy atom. The fraction of sp³-hybridized carbons (Fsp3) is 0.667. The zero-order valence-corrected chi connectivity index (χ0v) is 31.7. The average Bonchev–Trinajstić information content (AvgIpc) is 3.07. The Balaban J connectivity index is 2.37.